The standard InChI is InChI=1S/C10H7F4NO/c1-6(10(12,13)14)9(16)15-8-5-3-2-4-7(8)11/h2-5H,1H2,(H,15,16). The van der Waals surface area contributed by atoms with Gasteiger partial charge in [-0.3, -0.25) is 4.79 Å². The van der Waals surface area contributed by atoms with Crippen molar-refractivity contribution in [1.82, 2.24) is 0 Å². The Morgan fingerprint density at radius 3 is 2.31 bits per heavy atom. The number of hydrogen-bond acceptors (Lipinski definition) is 1. The minimum Gasteiger partial charge on any atom is -0.319 e. The molecule has 0 fully saturated rings. The molecule has 0 saturated heterocycles. The van der Waals surface area contributed by atoms with E-state index in [2.05, 4.69) is 6.58 Å². The predicted molar refractivity (Wildman–Crippen MR) is 50.2 cm³/mol. The summed E-state index contributed by atoms with van der Waals surface area (Å²) in [6, 6.07) is 4.90. The van der Waals surface area contributed by atoms with Crippen molar-refractivity contribution in [3.8, 4) is 0 Å². The molecule has 0 aliphatic rings. The van der Waals surface area contributed by atoms with Crippen LogP contribution >= 0.6 is 0 Å². The molecule has 0 aromatic heterocycles. The van der Waals surface area contributed by atoms with Crippen LogP contribution in [0.25, 0.3) is 0 Å². The number of hydrogen-bond donors (Lipinski definition) is 1. The van der Waals surface area contributed by atoms with Gasteiger partial charge in [-0.1, -0.05) is 18.7 Å². The molecule has 0 spiro atoms. The highest BCUT2D eigenvalue weighted by molar-refractivity contribution is 6.04. The Labute approximate surface area is 88.6 Å². The second-order valence-corrected chi connectivity index (χ2v) is 2.91. The lowest BCUT2D eigenvalue weighted by atomic mass is 10.2. The molecule has 0 radical (unpaired) electrons. The van der Waals surface area contributed by atoms with E-state index in [9.17, 15) is 22.4 Å². The van der Waals surface area contributed by atoms with Gasteiger partial charge in [-0.15, -0.1) is 0 Å². The first-order valence-electron chi connectivity index (χ1n) is 4.14. The fourth-order valence-corrected chi connectivity index (χ4v) is 0.889. The Bertz CT molecular complexity index is 425. The minimum absolute atomic E-state index is 0.321. The molecule has 1 aromatic rings. The molecule has 2 nitrogen and oxygen atoms in total. The van der Waals surface area contributed by atoms with Crippen molar-refractivity contribution in [3.05, 3.63) is 42.2 Å². The third-order valence-corrected chi connectivity index (χ3v) is 1.74. The first-order chi connectivity index (χ1) is 7.32. The van der Waals surface area contributed by atoms with Gasteiger partial charge in [0.25, 0.3) is 5.91 Å². The van der Waals surface area contributed by atoms with E-state index in [1.165, 1.54) is 12.1 Å². The van der Waals surface area contributed by atoms with Gasteiger partial charge < -0.3 is 5.32 Å². The zero-order valence-electron chi connectivity index (χ0n) is 7.94. The van der Waals surface area contributed by atoms with E-state index >= 15 is 0 Å². The molecule has 1 amide bonds. The van der Waals surface area contributed by atoms with Crippen LogP contribution < -0.4 is 5.32 Å². The summed E-state index contributed by atoms with van der Waals surface area (Å²) in [6.45, 7) is 2.59. The van der Waals surface area contributed by atoms with Crippen molar-refractivity contribution >= 4 is 11.6 Å². The number of carbonyl (C=O) groups is 1. The second kappa shape index (κ2) is 4.34. The topological polar surface area (TPSA) is 29.1 Å². The van der Waals surface area contributed by atoms with E-state index in [0.29, 0.717) is 0 Å². The predicted octanol–water partition coefficient (Wildman–Crippen LogP) is 2.88. The molecule has 0 aliphatic heterocycles. The number of amides is 1. The van der Waals surface area contributed by atoms with E-state index in [0.717, 1.165) is 12.1 Å². The first-order valence-corrected chi connectivity index (χ1v) is 4.14. The first kappa shape index (κ1) is 12.2. The zero-order chi connectivity index (χ0) is 12.3. The van der Waals surface area contributed by atoms with Crippen molar-refractivity contribution in [2.45, 2.75) is 6.18 Å². The molecule has 0 bridgehead atoms. The second-order valence-electron chi connectivity index (χ2n) is 2.91. The highest BCUT2D eigenvalue weighted by Gasteiger charge is 2.36. The fraction of sp³-hybridized carbons (Fsp3) is 0.100. The van der Waals surface area contributed by atoms with Crippen molar-refractivity contribution in [1.29, 1.82) is 0 Å². The van der Waals surface area contributed by atoms with Gasteiger partial charge >= 0.3 is 6.18 Å². The molecule has 16 heavy (non-hydrogen) atoms. The monoisotopic (exact) mass is 233 g/mol. The van der Waals surface area contributed by atoms with Crippen LogP contribution in [-0.4, -0.2) is 12.1 Å². The molecule has 1 rings (SSSR count). The third-order valence-electron chi connectivity index (χ3n) is 1.74. The van der Waals surface area contributed by atoms with Crippen molar-refractivity contribution in [2.24, 2.45) is 0 Å². The highest BCUT2D eigenvalue weighted by Crippen LogP contribution is 2.25. The van der Waals surface area contributed by atoms with E-state index in [-0.39, 0.29) is 5.69 Å². The Morgan fingerprint density at radius 1 is 1.25 bits per heavy atom. The third kappa shape index (κ3) is 2.82. The smallest absolute Gasteiger partial charge is 0.319 e. The Morgan fingerprint density at radius 2 is 1.81 bits per heavy atom. The summed E-state index contributed by atoms with van der Waals surface area (Å²) in [5.74, 6) is -2.29. The number of anilines is 1. The summed E-state index contributed by atoms with van der Waals surface area (Å²) in [5.41, 5.74) is -1.89. The molecule has 1 N–H and O–H groups in total. The summed E-state index contributed by atoms with van der Waals surface area (Å²) >= 11 is 0. The Balaban J connectivity index is 2.81. The zero-order valence-corrected chi connectivity index (χ0v) is 7.94. The van der Waals surface area contributed by atoms with E-state index in [1.807, 2.05) is 0 Å². The number of alkyl halides is 3. The van der Waals surface area contributed by atoms with Gasteiger partial charge in [0.15, 0.2) is 0 Å². The van der Waals surface area contributed by atoms with Gasteiger partial charge in [0.05, 0.1) is 5.69 Å². The van der Waals surface area contributed by atoms with Crippen molar-refractivity contribution in [2.75, 3.05) is 5.32 Å². The quantitative estimate of drug-likeness (QED) is 0.617. The molecule has 86 valence electrons. The molecule has 0 heterocycles. The maximum absolute atomic E-state index is 13.0. The molecular weight excluding hydrogens is 226 g/mol. The van der Waals surface area contributed by atoms with Gasteiger partial charge in [-0.25, -0.2) is 4.39 Å². The van der Waals surface area contributed by atoms with Crippen LogP contribution in [0, 0.1) is 5.82 Å². The van der Waals surface area contributed by atoms with E-state index in [1.54, 1.807) is 5.32 Å². The van der Waals surface area contributed by atoms with Crippen LogP contribution in [0.3, 0.4) is 0 Å². The summed E-state index contributed by atoms with van der Waals surface area (Å²) in [7, 11) is 0. The van der Waals surface area contributed by atoms with Gasteiger partial charge in [-0.05, 0) is 12.1 Å². The highest BCUT2D eigenvalue weighted by atomic mass is 19.4. The van der Waals surface area contributed by atoms with E-state index in [4.69, 9.17) is 0 Å². The molecule has 0 unspecified atom stereocenters. The fourth-order valence-electron chi connectivity index (χ4n) is 0.889. The van der Waals surface area contributed by atoms with Gasteiger partial charge in [0, 0.05) is 0 Å². The van der Waals surface area contributed by atoms with Gasteiger partial charge in [0.2, 0.25) is 0 Å². The van der Waals surface area contributed by atoms with Gasteiger partial charge in [0.1, 0.15) is 11.4 Å². The lowest BCUT2D eigenvalue weighted by molar-refractivity contribution is -0.126. The SMILES string of the molecule is C=C(C(=O)Nc1ccccc1F)C(F)(F)F. The van der Waals surface area contributed by atoms with Crippen LogP contribution in [0.1, 0.15) is 0 Å². The summed E-state index contributed by atoms with van der Waals surface area (Å²) in [6.07, 6.45) is -4.82. The number of rotatable bonds is 2. The van der Waals surface area contributed by atoms with E-state index < -0.39 is 23.5 Å². The van der Waals surface area contributed by atoms with Crippen LogP contribution in [-0.2, 0) is 4.79 Å². The number of benzene rings is 1. The minimum atomic E-state index is -4.82. The largest absolute Gasteiger partial charge is 0.421 e. The molecular formula is C10H7F4NO. The maximum atomic E-state index is 13.0. The number of para-hydroxylation sites is 1. The normalized spacial score (nSPS) is 11.0. The van der Waals surface area contributed by atoms with Crippen LogP contribution in [0.2, 0.25) is 0 Å². The van der Waals surface area contributed by atoms with Crippen molar-refractivity contribution in [3.63, 3.8) is 0 Å². The average Bonchev–Trinajstić information content (AvgIpc) is 2.19. The molecule has 0 aliphatic carbocycles. The number of carbonyl (C=O) groups excluding carboxylic acids is 1. The Hall–Kier alpha value is -1.85. The Kier molecular flexibility index (Phi) is 3.31. The summed E-state index contributed by atoms with van der Waals surface area (Å²) in [4.78, 5) is 11.0. The number of nitrogens with one attached hydrogen (secondary N) is 1. The molecule has 6 heteroatoms. The van der Waals surface area contributed by atoms with Crippen LogP contribution in [0.5, 0.6) is 0 Å². The molecule has 0 atom stereocenters. The maximum Gasteiger partial charge on any atom is 0.421 e. The van der Waals surface area contributed by atoms with Gasteiger partial charge in [-0.2, -0.15) is 13.2 Å². The average molecular weight is 233 g/mol. The molecule has 1 aromatic carbocycles. The van der Waals surface area contributed by atoms with Crippen molar-refractivity contribution < 1.29 is 22.4 Å². The summed E-state index contributed by atoms with van der Waals surface area (Å²) < 4.78 is 49.1. The lowest BCUT2D eigenvalue weighted by Crippen LogP contribution is -2.25. The lowest BCUT2D eigenvalue weighted by Gasteiger charge is -2.10. The number of halogens is 4. The molecule has 0 saturated carbocycles. The van der Waals surface area contributed by atoms with Crippen LogP contribution in [0.4, 0.5) is 23.2 Å². The summed E-state index contributed by atoms with van der Waals surface area (Å²) in [5, 5.41) is 1.78. The van der Waals surface area contributed by atoms with Crippen LogP contribution in [0.15, 0.2) is 36.4 Å².